The number of halogens is 1. The summed E-state index contributed by atoms with van der Waals surface area (Å²) in [6, 6.07) is 14.9. The Balaban J connectivity index is 0.00000243. The second-order valence-electron chi connectivity index (χ2n) is 5.44. The quantitative estimate of drug-likeness (QED) is 0.496. The van der Waals surface area contributed by atoms with Crippen molar-refractivity contribution in [2.24, 2.45) is 0 Å². The van der Waals surface area contributed by atoms with Gasteiger partial charge in [0.05, 0.1) is 17.7 Å². The zero-order chi connectivity index (χ0) is 17.8. The summed E-state index contributed by atoms with van der Waals surface area (Å²) in [6.45, 7) is 0.0169. The molecule has 6 heteroatoms. The van der Waals surface area contributed by atoms with Gasteiger partial charge in [-0.1, -0.05) is 31.7 Å². The van der Waals surface area contributed by atoms with Gasteiger partial charge in [0.2, 0.25) is 0 Å². The normalized spacial score (nSPS) is 10.4. The molecule has 0 spiro atoms. The van der Waals surface area contributed by atoms with E-state index in [4.69, 9.17) is 4.74 Å². The van der Waals surface area contributed by atoms with Crippen LogP contribution in [0.2, 0.25) is 0 Å². The van der Waals surface area contributed by atoms with Crippen LogP contribution in [0.5, 0.6) is 0 Å². The summed E-state index contributed by atoms with van der Waals surface area (Å²) in [4.78, 5) is 24.2. The molecule has 1 aromatic heterocycles. The number of hydrogen-bond acceptors (Lipinski definition) is 4. The van der Waals surface area contributed by atoms with Gasteiger partial charge < -0.3 is 9.30 Å². The predicted octanol–water partition coefficient (Wildman–Crippen LogP) is 4.24. The van der Waals surface area contributed by atoms with E-state index in [0.717, 1.165) is 5.56 Å². The number of fused-ring (bicyclic) bond motifs is 1. The molecule has 26 heavy (non-hydrogen) atoms. The maximum Gasteiger partial charge on any atom is 0.325 e. The number of thioether (sulfide) groups is 1. The fourth-order valence-electron chi connectivity index (χ4n) is 2.52. The molecule has 0 N–H and O–H groups in total. The molecule has 0 aliphatic rings. The number of aromatic nitrogens is 1. The molecule has 136 valence electrons. The molecule has 3 aromatic rings. The minimum Gasteiger partial charge on any atom is -0.468 e. The zero-order valence-electron chi connectivity index (χ0n) is 13.6. The van der Waals surface area contributed by atoms with Crippen molar-refractivity contribution in [2.75, 3.05) is 7.11 Å². The van der Waals surface area contributed by atoms with Gasteiger partial charge in [-0.15, -0.1) is 11.8 Å². The molecule has 0 saturated carbocycles. The van der Waals surface area contributed by atoms with Crippen molar-refractivity contribution < 1.29 is 13.9 Å². The molecule has 0 aliphatic carbocycles. The first kappa shape index (κ1) is 19.7. The lowest BCUT2D eigenvalue weighted by atomic mass is 10.2. The van der Waals surface area contributed by atoms with Crippen LogP contribution < -0.4 is 5.43 Å². The Morgan fingerprint density at radius 1 is 1.15 bits per heavy atom. The number of ether oxygens (including phenoxy) is 1. The second kappa shape index (κ2) is 8.67. The smallest absolute Gasteiger partial charge is 0.325 e. The highest BCUT2D eigenvalue weighted by Gasteiger charge is 2.13. The molecule has 0 radical (unpaired) electrons. The number of benzene rings is 2. The molecule has 0 amide bonds. The average Bonchev–Trinajstić information content (AvgIpc) is 2.63. The number of nitrogens with zero attached hydrogens (tertiary/aromatic N) is 1. The Morgan fingerprint density at radius 3 is 2.54 bits per heavy atom. The molecule has 0 fully saturated rings. The number of carbonyl (C=O) groups is 1. The highest BCUT2D eigenvalue weighted by molar-refractivity contribution is 7.98. The molecule has 3 rings (SSSR count). The standard InChI is InChI=1S/C19H16FNO3S.CH4/c1-24-19(23)11-21-16-5-3-2-4-15(16)17(22)10-18(21)25-12-13-6-8-14(20)9-7-13;/h2-10H,11-12H2,1H3;1H4. The van der Waals surface area contributed by atoms with Gasteiger partial charge in [0.15, 0.2) is 5.43 Å². The topological polar surface area (TPSA) is 48.3 Å². The van der Waals surface area contributed by atoms with Crippen LogP contribution in [-0.2, 0) is 21.8 Å². The van der Waals surface area contributed by atoms with E-state index in [1.54, 1.807) is 28.8 Å². The molecule has 2 aromatic carbocycles. The maximum absolute atomic E-state index is 13.0. The van der Waals surface area contributed by atoms with Crippen LogP contribution in [0.1, 0.15) is 13.0 Å². The lowest BCUT2D eigenvalue weighted by molar-refractivity contribution is -0.141. The largest absolute Gasteiger partial charge is 0.468 e. The summed E-state index contributed by atoms with van der Waals surface area (Å²) in [5, 5.41) is 1.22. The van der Waals surface area contributed by atoms with E-state index >= 15 is 0 Å². The predicted molar refractivity (Wildman–Crippen MR) is 103 cm³/mol. The lowest BCUT2D eigenvalue weighted by Gasteiger charge is -2.15. The van der Waals surface area contributed by atoms with E-state index in [1.165, 1.54) is 37.1 Å². The van der Waals surface area contributed by atoms with Gasteiger partial charge in [0.25, 0.3) is 0 Å². The number of methoxy groups -OCH3 is 1. The molecular formula is C20H20FNO3S. The van der Waals surface area contributed by atoms with E-state index in [-0.39, 0.29) is 25.2 Å². The van der Waals surface area contributed by atoms with Crippen molar-refractivity contribution in [3.05, 3.63) is 76.2 Å². The molecular weight excluding hydrogens is 353 g/mol. The average molecular weight is 373 g/mol. The van der Waals surface area contributed by atoms with Crippen LogP contribution in [0.15, 0.2) is 64.4 Å². The first-order chi connectivity index (χ1) is 12.1. The molecule has 0 saturated heterocycles. The van der Waals surface area contributed by atoms with Gasteiger partial charge >= 0.3 is 5.97 Å². The molecule has 1 heterocycles. The highest BCUT2D eigenvalue weighted by Crippen LogP contribution is 2.25. The Labute approximate surface area is 155 Å². The molecule has 0 unspecified atom stereocenters. The third-order valence-corrected chi connectivity index (χ3v) is 4.91. The van der Waals surface area contributed by atoms with Crippen molar-refractivity contribution in [1.29, 1.82) is 0 Å². The third kappa shape index (κ3) is 4.32. The van der Waals surface area contributed by atoms with Gasteiger partial charge in [-0.05, 0) is 29.8 Å². The van der Waals surface area contributed by atoms with Crippen molar-refractivity contribution in [3.8, 4) is 0 Å². The van der Waals surface area contributed by atoms with Gasteiger partial charge in [-0.25, -0.2) is 4.39 Å². The van der Waals surface area contributed by atoms with Gasteiger partial charge in [0, 0.05) is 17.2 Å². The van der Waals surface area contributed by atoms with Crippen LogP contribution in [0.3, 0.4) is 0 Å². The van der Waals surface area contributed by atoms with Gasteiger partial charge in [-0.2, -0.15) is 0 Å². The number of para-hydroxylation sites is 1. The Bertz CT molecular complexity index is 967. The minimum absolute atomic E-state index is 0. The van der Waals surface area contributed by atoms with Crippen LogP contribution in [0, 0.1) is 5.82 Å². The van der Waals surface area contributed by atoms with Crippen molar-refractivity contribution in [3.63, 3.8) is 0 Å². The number of pyridine rings is 1. The number of carbonyl (C=O) groups excluding carboxylic acids is 1. The van der Waals surface area contributed by atoms with Crippen LogP contribution in [0.4, 0.5) is 4.39 Å². The Kier molecular flexibility index (Phi) is 6.58. The monoisotopic (exact) mass is 373 g/mol. The Hall–Kier alpha value is -2.60. The van der Waals surface area contributed by atoms with E-state index in [2.05, 4.69) is 0 Å². The maximum atomic E-state index is 13.0. The summed E-state index contributed by atoms with van der Waals surface area (Å²) in [5.74, 6) is -0.126. The lowest BCUT2D eigenvalue weighted by Crippen LogP contribution is -2.17. The molecule has 0 atom stereocenters. The van der Waals surface area contributed by atoms with E-state index < -0.39 is 5.97 Å². The van der Waals surface area contributed by atoms with Crippen LogP contribution in [0.25, 0.3) is 10.9 Å². The number of esters is 1. The van der Waals surface area contributed by atoms with Crippen molar-refractivity contribution in [1.82, 2.24) is 4.57 Å². The molecule has 0 aliphatic heterocycles. The zero-order valence-corrected chi connectivity index (χ0v) is 14.4. The summed E-state index contributed by atoms with van der Waals surface area (Å²) in [7, 11) is 1.33. The first-order valence-electron chi connectivity index (χ1n) is 7.65. The molecule has 0 bridgehead atoms. The van der Waals surface area contributed by atoms with E-state index in [0.29, 0.717) is 21.7 Å². The highest BCUT2D eigenvalue weighted by atomic mass is 32.2. The fraction of sp³-hybridized carbons (Fsp3) is 0.200. The fourth-order valence-corrected chi connectivity index (χ4v) is 3.53. The van der Waals surface area contributed by atoms with E-state index in [1.807, 2.05) is 12.1 Å². The molecule has 4 nitrogen and oxygen atoms in total. The van der Waals surface area contributed by atoms with Crippen molar-refractivity contribution in [2.45, 2.75) is 24.8 Å². The summed E-state index contributed by atoms with van der Waals surface area (Å²) >= 11 is 1.42. The van der Waals surface area contributed by atoms with Crippen LogP contribution >= 0.6 is 11.8 Å². The number of hydrogen-bond donors (Lipinski definition) is 0. The van der Waals surface area contributed by atoms with Gasteiger partial charge in [-0.3, -0.25) is 9.59 Å². The number of rotatable bonds is 5. The summed E-state index contributed by atoms with van der Waals surface area (Å²) in [6.07, 6.45) is 0. The minimum atomic E-state index is -0.391. The summed E-state index contributed by atoms with van der Waals surface area (Å²) < 4.78 is 19.6. The Morgan fingerprint density at radius 2 is 1.85 bits per heavy atom. The first-order valence-corrected chi connectivity index (χ1v) is 8.63. The second-order valence-corrected chi connectivity index (χ2v) is 6.44. The SMILES string of the molecule is C.COC(=O)Cn1c(SCc2ccc(F)cc2)cc(=O)c2ccccc21. The third-order valence-electron chi connectivity index (χ3n) is 3.80. The summed E-state index contributed by atoms with van der Waals surface area (Å²) in [5.41, 5.74) is 1.51. The van der Waals surface area contributed by atoms with Crippen molar-refractivity contribution >= 4 is 28.6 Å². The van der Waals surface area contributed by atoms with Crippen LogP contribution in [-0.4, -0.2) is 17.6 Å². The van der Waals surface area contributed by atoms with E-state index in [9.17, 15) is 14.0 Å². The van der Waals surface area contributed by atoms with Gasteiger partial charge in [0.1, 0.15) is 12.4 Å².